The molecule has 5 heterocycles. The largest absolute Gasteiger partial charge is 0.508 e. The zero-order valence-electron chi connectivity index (χ0n) is 27.1. The maximum absolute atomic E-state index is 14.3. The maximum Gasteiger partial charge on any atom is 0.329 e. The van der Waals surface area contributed by atoms with Crippen LogP contribution in [0.5, 0.6) is 5.75 Å². The topological polar surface area (TPSA) is 164 Å². The van der Waals surface area contributed by atoms with Gasteiger partial charge >= 0.3 is 6.03 Å². The summed E-state index contributed by atoms with van der Waals surface area (Å²) in [7, 11) is 2.04. The molecule has 5 amide bonds. The number of hydrogen-bond donors (Lipinski definition) is 3. The van der Waals surface area contributed by atoms with Crippen molar-refractivity contribution < 1.29 is 28.7 Å². The molecule has 2 aromatic heterocycles. The number of halogens is 1. The Kier molecular flexibility index (Phi) is 9.12. The number of aromatic nitrogens is 3. The van der Waals surface area contributed by atoms with Crippen LogP contribution >= 0.6 is 11.3 Å². The molecule has 1 atom stereocenters. The van der Waals surface area contributed by atoms with Crippen molar-refractivity contribution in [1.29, 1.82) is 0 Å². The van der Waals surface area contributed by atoms with Crippen LogP contribution in [0, 0.1) is 5.82 Å². The van der Waals surface area contributed by atoms with Crippen molar-refractivity contribution in [3.8, 4) is 5.75 Å². The van der Waals surface area contributed by atoms with Crippen LogP contribution in [-0.4, -0.2) is 86.6 Å². The fourth-order valence-electron chi connectivity index (χ4n) is 6.68. The lowest BCUT2D eigenvalue weighted by atomic mass is 10.0. The van der Waals surface area contributed by atoms with Gasteiger partial charge in [0.15, 0.2) is 10.9 Å². The minimum Gasteiger partial charge on any atom is -0.508 e. The third-order valence-corrected chi connectivity index (χ3v) is 10.0. The van der Waals surface area contributed by atoms with Gasteiger partial charge in [0.1, 0.15) is 17.6 Å². The van der Waals surface area contributed by atoms with Crippen LogP contribution in [0.4, 0.5) is 25.8 Å². The number of thiazole rings is 1. The zero-order valence-corrected chi connectivity index (χ0v) is 27.9. The molecule has 0 radical (unpaired) electrons. The van der Waals surface area contributed by atoms with Crippen LogP contribution in [0.2, 0.25) is 0 Å². The number of amides is 5. The Labute approximate surface area is 290 Å². The second kappa shape index (κ2) is 13.8. The van der Waals surface area contributed by atoms with E-state index in [2.05, 4.69) is 35.6 Å². The van der Waals surface area contributed by atoms with Gasteiger partial charge in [0.2, 0.25) is 5.91 Å². The van der Waals surface area contributed by atoms with Gasteiger partial charge in [-0.05, 0) is 67.9 Å². The molecule has 4 aromatic rings. The van der Waals surface area contributed by atoms with E-state index >= 15 is 0 Å². The van der Waals surface area contributed by atoms with Crippen LogP contribution in [-0.2, 0) is 22.7 Å². The van der Waals surface area contributed by atoms with Gasteiger partial charge in [-0.15, -0.1) is 16.4 Å². The van der Waals surface area contributed by atoms with Crippen LogP contribution in [0.1, 0.15) is 52.5 Å². The lowest BCUT2D eigenvalue weighted by molar-refractivity contribution is -0.121. The van der Waals surface area contributed by atoms with E-state index in [1.165, 1.54) is 33.4 Å². The number of piperidine rings is 1. The van der Waals surface area contributed by atoms with E-state index in [-0.39, 0.29) is 48.7 Å². The molecule has 3 aliphatic heterocycles. The van der Waals surface area contributed by atoms with Gasteiger partial charge in [0.05, 0.1) is 5.69 Å². The van der Waals surface area contributed by atoms with E-state index in [9.17, 15) is 28.7 Å². The van der Waals surface area contributed by atoms with Crippen LogP contribution in [0.15, 0.2) is 60.1 Å². The molecule has 258 valence electrons. The maximum atomic E-state index is 14.3. The predicted molar refractivity (Wildman–Crippen MR) is 182 cm³/mol. The number of nitrogens with zero attached hydrogens (tertiary/aromatic N) is 7. The first kappa shape index (κ1) is 33.0. The lowest BCUT2D eigenvalue weighted by Gasteiger charge is -2.38. The number of phenols is 1. The van der Waals surface area contributed by atoms with Gasteiger partial charge < -0.3 is 14.9 Å². The number of imide groups is 1. The molecule has 0 aliphatic carbocycles. The second-order valence-electron chi connectivity index (χ2n) is 12.5. The average Bonchev–Trinajstić information content (AvgIpc) is 3.74. The Morgan fingerprint density at radius 1 is 1.10 bits per heavy atom. The number of benzene rings is 2. The van der Waals surface area contributed by atoms with E-state index in [0.717, 1.165) is 55.0 Å². The van der Waals surface area contributed by atoms with Crippen molar-refractivity contribution in [2.24, 2.45) is 0 Å². The second-order valence-corrected chi connectivity index (χ2v) is 13.4. The van der Waals surface area contributed by atoms with Crippen molar-refractivity contribution in [1.82, 2.24) is 30.3 Å². The SMILES string of the molecule is CN(Cc1ccc(N2CCC(=O)NC2=O)nn1)C1CCN(c2ccc3c(c2)C(=O)N(C(C(=O)Nc2nccs2)c2cc(F)ccc2O)C3)CC1. The Morgan fingerprint density at radius 3 is 2.64 bits per heavy atom. The molecule has 1 unspecified atom stereocenters. The molecule has 3 aliphatic rings. The third kappa shape index (κ3) is 6.71. The van der Waals surface area contributed by atoms with E-state index < -0.39 is 23.8 Å². The molecule has 0 spiro atoms. The minimum atomic E-state index is -1.29. The van der Waals surface area contributed by atoms with Crippen molar-refractivity contribution in [3.05, 3.63) is 88.3 Å². The minimum absolute atomic E-state index is 0.0133. The lowest BCUT2D eigenvalue weighted by Crippen LogP contribution is -2.50. The number of carbonyl (C=O) groups is 4. The summed E-state index contributed by atoms with van der Waals surface area (Å²) in [6, 6.07) is 11.1. The molecule has 0 bridgehead atoms. The highest BCUT2D eigenvalue weighted by molar-refractivity contribution is 7.13. The van der Waals surface area contributed by atoms with Gasteiger partial charge in [-0.1, -0.05) is 6.07 Å². The van der Waals surface area contributed by atoms with E-state index in [0.29, 0.717) is 23.1 Å². The number of nitrogens with one attached hydrogen (secondary N) is 2. The monoisotopic (exact) mass is 699 g/mol. The highest BCUT2D eigenvalue weighted by Gasteiger charge is 2.39. The first-order chi connectivity index (χ1) is 24.1. The zero-order chi connectivity index (χ0) is 34.9. The standard InChI is InChI=1S/C34H34FN9O5S/c1-41(19-22-4-7-28(40-39-22)43-14-10-29(46)37-34(43)49)23-8-12-42(13-9-23)24-5-2-20-18-44(32(48)25(20)17-24)30(26-16-21(35)3-6-27(26)45)31(47)38-33-36-11-15-50-33/h2-7,11,15-17,23,30,45H,8-10,12-14,18-19H2,1H3,(H,36,38,47)(H,37,46,49). The van der Waals surface area contributed by atoms with Gasteiger partial charge in [-0.2, -0.15) is 5.10 Å². The number of aromatic hydroxyl groups is 1. The van der Waals surface area contributed by atoms with Gasteiger partial charge in [0.25, 0.3) is 11.8 Å². The number of phenolic OH excluding ortho intramolecular Hbond substituents is 1. The van der Waals surface area contributed by atoms with Crippen molar-refractivity contribution in [3.63, 3.8) is 0 Å². The highest BCUT2D eigenvalue weighted by atomic mass is 32.1. The molecule has 14 nitrogen and oxygen atoms in total. The Morgan fingerprint density at radius 2 is 1.92 bits per heavy atom. The summed E-state index contributed by atoms with van der Waals surface area (Å²) >= 11 is 1.21. The Bertz CT molecular complexity index is 1940. The number of rotatable bonds is 9. The van der Waals surface area contributed by atoms with Crippen LogP contribution in [0.25, 0.3) is 0 Å². The Balaban J connectivity index is 0.996. The summed E-state index contributed by atoms with van der Waals surface area (Å²) in [4.78, 5) is 62.3. The summed E-state index contributed by atoms with van der Waals surface area (Å²) in [6.45, 7) is 2.47. The van der Waals surface area contributed by atoms with Crippen molar-refractivity contribution in [2.45, 2.75) is 44.4 Å². The number of carbonyl (C=O) groups excluding carboxylic acids is 4. The third-order valence-electron chi connectivity index (χ3n) is 9.33. The number of hydrogen-bond acceptors (Lipinski definition) is 11. The molecule has 2 fully saturated rings. The van der Waals surface area contributed by atoms with Crippen LogP contribution < -0.4 is 20.4 Å². The number of anilines is 3. The average molecular weight is 700 g/mol. The van der Waals surface area contributed by atoms with Crippen LogP contribution in [0.3, 0.4) is 0 Å². The van der Waals surface area contributed by atoms with Gasteiger partial charge in [-0.25, -0.2) is 14.2 Å². The summed E-state index contributed by atoms with van der Waals surface area (Å²) in [6.07, 6.45) is 3.50. The fraction of sp³-hybridized carbons (Fsp3) is 0.324. The molecular formula is C34H34FN9O5S. The number of fused-ring (bicyclic) bond motifs is 1. The van der Waals surface area contributed by atoms with Crippen molar-refractivity contribution >= 4 is 51.7 Å². The summed E-state index contributed by atoms with van der Waals surface area (Å²) in [5.41, 5.74) is 2.83. The molecule has 3 N–H and O–H groups in total. The van der Waals surface area contributed by atoms with E-state index in [1.807, 2.05) is 31.3 Å². The summed E-state index contributed by atoms with van der Waals surface area (Å²) in [5.74, 6) is -1.84. The normalized spacial score (nSPS) is 17.3. The molecule has 7 rings (SSSR count). The first-order valence-electron chi connectivity index (χ1n) is 16.2. The first-order valence-corrected chi connectivity index (χ1v) is 17.0. The molecule has 0 saturated carbocycles. The summed E-state index contributed by atoms with van der Waals surface area (Å²) < 4.78 is 14.3. The molecule has 16 heteroatoms. The van der Waals surface area contributed by atoms with Gasteiger partial charge in [-0.3, -0.25) is 34.8 Å². The molecular weight excluding hydrogens is 665 g/mol. The Hall–Kier alpha value is -5.48. The molecule has 50 heavy (non-hydrogen) atoms. The van der Waals surface area contributed by atoms with E-state index in [4.69, 9.17) is 0 Å². The molecule has 2 saturated heterocycles. The fourth-order valence-corrected chi connectivity index (χ4v) is 7.22. The molecule has 2 aromatic carbocycles. The van der Waals surface area contributed by atoms with Gasteiger partial charge in [0, 0.05) is 73.6 Å². The smallest absolute Gasteiger partial charge is 0.329 e. The van der Waals surface area contributed by atoms with E-state index in [1.54, 1.807) is 11.4 Å². The van der Waals surface area contributed by atoms with Crippen molar-refractivity contribution in [2.75, 3.05) is 41.8 Å². The number of urea groups is 1. The predicted octanol–water partition coefficient (Wildman–Crippen LogP) is 3.66. The highest BCUT2D eigenvalue weighted by Crippen LogP contribution is 2.38. The summed E-state index contributed by atoms with van der Waals surface area (Å²) in [5, 5.41) is 26.2. The quantitative estimate of drug-likeness (QED) is 0.235.